The molecule has 2 heterocycles. The Hall–Kier alpha value is -3.40. The van der Waals surface area contributed by atoms with Crippen LogP contribution in [0.1, 0.15) is 30.1 Å². The number of halogens is 3. The van der Waals surface area contributed by atoms with Gasteiger partial charge in [0.15, 0.2) is 0 Å². The van der Waals surface area contributed by atoms with Crippen LogP contribution in [0.15, 0.2) is 59.9 Å². The molecular weight excluding hydrogens is 516 g/mol. The Morgan fingerprint density at radius 2 is 1.86 bits per heavy atom. The number of anilines is 1. The van der Waals surface area contributed by atoms with E-state index in [1.54, 1.807) is 41.3 Å². The Kier molecular flexibility index (Phi) is 8.48. The van der Waals surface area contributed by atoms with Crippen molar-refractivity contribution >= 4 is 41.1 Å². The molecule has 0 aliphatic carbocycles. The number of nitrogen functional groups attached to an aromatic ring is 1. The maximum Gasteiger partial charge on any atom is 0.236 e. The van der Waals surface area contributed by atoms with Crippen LogP contribution in [0.5, 0.6) is 0 Å². The molecule has 8 nitrogen and oxygen atoms in total. The van der Waals surface area contributed by atoms with E-state index in [1.807, 2.05) is 4.57 Å². The fraction of sp³-hybridized carbons (Fsp3) is 0.269. The number of nitrogens with one attached hydrogen (secondary N) is 1. The number of amides is 1. The third-order valence-electron chi connectivity index (χ3n) is 6.30. The zero-order valence-corrected chi connectivity index (χ0v) is 21.6. The molecule has 2 aromatic carbocycles. The number of carbonyl (C=O) groups excluding carboxylic acids is 1. The second-order valence-corrected chi connectivity index (χ2v) is 9.45. The van der Waals surface area contributed by atoms with Crippen molar-refractivity contribution in [3.8, 4) is 11.4 Å². The maximum absolute atomic E-state index is 13.9. The van der Waals surface area contributed by atoms with Crippen LogP contribution in [0.2, 0.25) is 10.0 Å². The van der Waals surface area contributed by atoms with Crippen LogP contribution in [0, 0.1) is 5.82 Å². The van der Waals surface area contributed by atoms with Gasteiger partial charge in [0.25, 0.3) is 0 Å². The average Bonchev–Trinajstić information content (AvgIpc) is 3.21. The normalized spacial score (nSPS) is 14.3. The van der Waals surface area contributed by atoms with E-state index >= 15 is 0 Å². The van der Waals surface area contributed by atoms with Gasteiger partial charge in [-0.2, -0.15) is 0 Å². The van der Waals surface area contributed by atoms with E-state index in [2.05, 4.69) is 16.9 Å². The molecule has 0 spiro atoms. The van der Waals surface area contributed by atoms with Gasteiger partial charge >= 0.3 is 0 Å². The first-order valence-corrected chi connectivity index (χ1v) is 12.6. The van der Waals surface area contributed by atoms with Gasteiger partial charge in [0, 0.05) is 31.2 Å². The third kappa shape index (κ3) is 5.95. The molecule has 194 valence electrons. The van der Waals surface area contributed by atoms with Gasteiger partial charge in [-0.05, 0) is 31.0 Å². The van der Waals surface area contributed by atoms with Crippen LogP contribution in [-0.2, 0) is 11.3 Å². The van der Waals surface area contributed by atoms with Crippen molar-refractivity contribution in [3.05, 3.63) is 82.0 Å². The van der Waals surface area contributed by atoms with E-state index in [4.69, 9.17) is 39.7 Å². The molecule has 0 bridgehead atoms. The first kappa shape index (κ1) is 26.7. The van der Waals surface area contributed by atoms with Gasteiger partial charge in [-0.25, -0.2) is 14.4 Å². The minimum Gasteiger partial charge on any atom is -0.383 e. The van der Waals surface area contributed by atoms with E-state index < -0.39 is 0 Å². The summed E-state index contributed by atoms with van der Waals surface area (Å²) in [5.41, 5.74) is 13.6. The molecule has 0 radical (unpaired) electrons. The Bertz CT molecular complexity index is 1310. The number of aromatic nitrogens is 2. The highest BCUT2D eigenvalue weighted by molar-refractivity contribution is 6.39. The summed E-state index contributed by atoms with van der Waals surface area (Å²) >= 11 is 13.1. The summed E-state index contributed by atoms with van der Waals surface area (Å²) in [5, 5.41) is 3.87. The largest absolute Gasteiger partial charge is 0.383 e. The highest BCUT2D eigenvalue weighted by Gasteiger charge is 2.29. The number of carbonyl (C=O) groups is 1. The number of rotatable bonds is 8. The lowest BCUT2D eigenvalue weighted by Crippen LogP contribution is -2.42. The monoisotopic (exact) mass is 543 g/mol. The number of imidazole rings is 1. The van der Waals surface area contributed by atoms with Crippen molar-refractivity contribution in [2.45, 2.75) is 25.4 Å². The Morgan fingerprint density at radius 1 is 1.19 bits per heavy atom. The lowest BCUT2D eigenvalue weighted by molar-refractivity contribution is -0.130. The second-order valence-electron chi connectivity index (χ2n) is 8.64. The van der Waals surface area contributed by atoms with Crippen molar-refractivity contribution in [2.24, 2.45) is 10.7 Å². The number of benzene rings is 2. The number of likely N-dealkylation sites (tertiary alicyclic amines) is 1. The number of aliphatic imine (C=N–C) groups is 1. The summed E-state index contributed by atoms with van der Waals surface area (Å²) in [6.45, 7) is 5.19. The molecule has 1 aliphatic rings. The summed E-state index contributed by atoms with van der Waals surface area (Å²) in [5.74, 6) is 0.835. The van der Waals surface area contributed by atoms with Crippen molar-refractivity contribution in [2.75, 3.05) is 25.4 Å². The maximum atomic E-state index is 13.9. The molecule has 1 saturated heterocycles. The standard InChI is InChI=1S/C26H28Cl2FN7O/c1-16(32-14-17-5-2-3-8-21(17)29)33-15-22-25(31)36(18-9-11-35(12-10-18)23(37)13-30)26(34-22)24-19(27)6-4-7-20(24)28/h2-8,15,18,32H,1,9-14,30-31H2/b33-15-. The molecule has 1 amide bonds. The summed E-state index contributed by atoms with van der Waals surface area (Å²) in [4.78, 5) is 22.9. The minimum absolute atomic E-state index is 0.0200. The lowest BCUT2D eigenvalue weighted by Gasteiger charge is -2.33. The third-order valence-corrected chi connectivity index (χ3v) is 6.93. The SMILES string of the molecule is C=C(/N=C\c1nc(-c2c(Cl)cccc2Cl)n(C2CCN(C(=O)CN)CC2)c1N)NCc1ccccc1F. The average molecular weight is 544 g/mol. The number of hydrogen-bond acceptors (Lipinski definition) is 6. The van der Waals surface area contributed by atoms with Crippen molar-refractivity contribution in [1.82, 2.24) is 19.8 Å². The summed E-state index contributed by atoms with van der Waals surface area (Å²) < 4.78 is 15.8. The lowest BCUT2D eigenvalue weighted by atomic mass is 10.0. The molecule has 37 heavy (non-hydrogen) atoms. The Balaban J connectivity index is 1.61. The Labute approximate surface area is 224 Å². The first-order valence-electron chi connectivity index (χ1n) is 11.8. The first-order chi connectivity index (χ1) is 17.8. The van der Waals surface area contributed by atoms with Crippen LogP contribution in [0.4, 0.5) is 10.2 Å². The molecule has 0 unspecified atom stereocenters. The molecule has 1 fully saturated rings. The number of nitrogens with two attached hydrogens (primary N) is 2. The number of piperidine rings is 1. The molecule has 3 aromatic rings. The second kappa shape index (κ2) is 11.8. The molecule has 1 aliphatic heterocycles. The van der Waals surface area contributed by atoms with Gasteiger partial charge in [-0.3, -0.25) is 4.79 Å². The van der Waals surface area contributed by atoms with Gasteiger partial charge in [0.05, 0.1) is 28.4 Å². The van der Waals surface area contributed by atoms with E-state index in [1.165, 1.54) is 12.3 Å². The number of nitrogens with zero attached hydrogens (tertiary/aromatic N) is 4. The summed E-state index contributed by atoms with van der Waals surface area (Å²) in [7, 11) is 0. The van der Waals surface area contributed by atoms with Gasteiger partial charge < -0.3 is 26.3 Å². The highest BCUT2D eigenvalue weighted by atomic mass is 35.5. The quantitative estimate of drug-likeness (QED) is 0.364. The van der Waals surface area contributed by atoms with Crippen molar-refractivity contribution in [1.29, 1.82) is 0 Å². The van der Waals surface area contributed by atoms with E-state index in [9.17, 15) is 9.18 Å². The van der Waals surface area contributed by atoms with E-state index in [-0.39, 0.29) is 30.9 Å². The molecule has 4 rings (SSSR count). The number of hydrogen-bond donors (Lipinski definition) is 3. The molecule has 0 saturated carbocycles. The van der Waals surface area contributed by atoms with Crippen LogP contribution < -0.4 is 16.8 Å². The molecule has 0 atom stereocenters. The molecular formula is C26H28Cl2FN7O. The predicted molar refractivity (Wildman–Crippen MR) is 146 cm³/mol. The van der Waals surface area contributed by atoms with Crippen LogP contribution in [0.25, 0.3) is 11.4 Å². The van der Waals surface area contributed by atoms with Gasteiger partial charge in [0.2, 0.25) is 5.91 Å². The van der Waals surface area contributed by atoms with Gasteiger partial charge in [0.1, 0.15) is 29.0 Å². The molecule has 1 aromatic heterocycles. The summed E-state index contributed by atoms with van der Waals surface area (Å²) in [6, 6.07) is 11.7. The van der Waals surface area contributed by atoms with E-state index in [0.29, 0.717) is 70.3 Å². The minimum atomic E-state index is -0.310. The van der Waals surface area contributed by atoms with Crippen LogP contribution in [-0.4, -0.2) is 46.2 Å². The highest BCUT2D eigenvalue weighted by Crippen LogP contribution is 2.39. The van der Waals surface area contributed by atoms with Gasteiger partial charge in [-0.1, -0.05) is 54.0 Å². The zero-order chi connectivity index (χ0) is 26.5. The van der Waals surface area contributed by atoms with Crippen LogP contribution in [0.3, 0.4) is 0 Å². The fourth-order valence-corrected chi connectivity index (χ4v) is 4.91. The van der Waals surface area contributed by atoms with Crippen molar-refractivity contribution < 1.29 is 9.18 Å². The molecule has 11 heteroatoms. The fourth-order valence-electron chi connectivity index (χ4n) is 4.34. The predicted octanol–water partition coefficient (Wildman–Crippen LogP) is 4.38. The summed E-state index contributed by atoms with van der Waals surface area (Å²) in [6.07, 6.45) is 2.83. The zero-order valence-electron chi connectivity index (χ0n) is 20.1. The topological polar surface area (TPSA) is 115 Å². The molecule has 5 N–H and O–H groups in total. The van der Waals surface area contributed by atoms with E-state index in [0.717, 1.165) is 0 Å². The Morgan fingerprint density at radius 3 is 2.51 bits per heavy atom. The van der Waals surface area contributed by atoms with Crippen LogP contribution >= 0.6 is 23.2 Å². The van der Waals surface area contributed by atoms with Crippen molar-refractivity contribution in [3.63, 3.8) is 0 Å². The van der Waals surface area contributed by atoms with Gasteiger partial charge in [-0.15, -0.1) is 0 Å². The smallest absolute Gasteiger partial charge is 0.236 e.